The van der Waals surface area contributed by atoms with E-state index in [1.54, 1.807) is 13.8 Å². The molecular weight excluding hydrogens is 364 g/mol. The summed E-state index contributed by atoms with van der Waals surface area (Å²) in [5.41, 5.74) is 4.41. The summed E-state index contributed by atoms with van der Waals surface area (Å²) in [6.45, 7) is 7.95. The Morgan fingerprint density at radius 3 is 2.21 bits per heavy atom. The smallest absolute Gasteiger partial charge is 0.309 e. The summed E-state index contributed by atoms with van der Waals surface area (Å²) in [6.07, 6.45) is 10.4. The van der Waals surface area contributed by atoms with Crippen LogP contribution < -0.4 is 0 Å². The summed E-state index contributed by atoms with van der Waals surface area (Å²) in [4.78, 5) is 22.5. The van der Waals surface area contributed by atoms with Crippen LogP contribution in [0.15, 0.2) is 12.1 Å². The first-order valence-corrected chi connectivity index (χ1v) is 11.1. The average Bonchev–Trinajstić information content (AvgIpc) is 3.43. The molecule has 0 amide bonds. The fourth-order valence-electron chi connectivity index (χ4n) is 4.10. The van der Waals surface area contributed by atoms with Crippen molar-refractivity contribution in [2.24, 2.45) is 10.8 Å². The van der Waals surface area contributed by atoms with Gasteiger partial charge in [0.05, 0.1) is 10.8 Å². The summed E-state index contributed by atoms with van der Waals surface area (Å²) in [7, 11) is 0. The zero-order valence-electron chi connectivity index (χ0n) is 18.6. The second kappa shape index (κ2) is 9.77. The molecular formula is C25H38O4. The van der Waals surface area contributed by atoms with Crippen molar-refractivity contribution >= 4 is 11.9 Å². The van der Waals surface area contributed by atoms with Crippen molar-refractivity contribution in [2.75, 3.05) is 0 Å². The minimum Gasteiger partial charge on any atom is -0.481 e. The first-order valence-electron chi connectivity index (χ1n) is 11.1. The molecule has 1 aromatic rings. The number of hydrogen-bond donors (Lipinski definition) is 2. The second-order valence-electron chi connectivity index (χ2n) is 9.74. The maximum atomic E-state index is 11.3. The van der Waals surface area contributed by atoms with Gasteiger partial charge in [0.1, 0.15) is 0 Å². The molecule has 29 heavy (non-hydrogen) atoms. The van der Waals surface area contributed by atoms with Crippen LogP contribution in [-0.2, 0) is 22.4 Å². The quantitative estimate of drug-likeness (QED) is 0.391. The van der Waals surface area contributed by atoms with Crippen LogP contribution in [0, 0.1) is 24.7 Å². The Balaban J connectivity index is 1.79. The van der Waals surface area contributed by atoms with E-state index in [0.717, 1.165) is 70.6 Å². The predicted octanol–water partition coefficient (Wildman–Crippen LogP) is 6.09. The van der Waals surface area contributed by atoms with Crippen LogP contribution in [0.5, 0.6) is 0 Å². The highest BCUT2D eigenvalue weighted by Crippen LogP contribution is 2.50. The van der Waals surface area contributed by atoms with Crippen LogP contribution >= 0.6 is 0 Å². The Hall–Kier alpha value is -1.84. The van der Waals surface area contributed by atoms with Crippen molar-refractivity contribution in [3.63, 3.8) is 0 Å². The molecule has 0 saturated heterocycles. The fourth-order valence-corrected chi connectivity index (χ4v) is 4.10. The van der Waals surface area contributed by atoms with Gasteiger partial charge in [0.15, 0.2) is 0 Å². The molecule has 162 valence electrons. The molecule has 0 unspecified atom stereocenters. The van der Waals surface area contributed by atoms with Gasteiger partial charge in [0.2, 0.25) is 0 Å². The van der Waals surface area contributed by atoms with E-state index < -0.39 is 22.8 Å². The maximum Gasteiger partial charge on any atom is 0.309 e. The first-order chi connectivity index (χ1) is 13.6. The lowest BCUT2D eigenvalue weighted by Gasteiger charge is -2.18. The number of carboxylic acid groups (broad SMARTS) is 2. The van der Waals surface area contributed by atoms with Gasteiger partial charge in [-0.3, -0.25) is 9.59 Å². The summed E-state index contributed by atoms with van der Waals surface area (Å²) in [5, 5.41) is 18.5. The third-order valence-corrected chi connectivity index (χ3v) is 6.84. The van der Waals surface area contributed by atoms with Crippen LogP contribution in [-0.4, -0.2) is 22.2 Å². The molecule has 0 bridgehead atoms. The fraction of sp³-hybridized carbons (Fsp3) is 0.680. The van der Waals surface area contributed by atoms with Gasteiger partial charge < -0.3 is 10.2 Å². The van der Waals surface area contributed by atoms with Gasteiger partial charge in [-0.05, 0) is 101 Å². The molecule has 0 atom stereocenters. The topological polar surface area (TPSA) is 74.6 Å². The Morgan fingerprint density at radius 2 is 1.62 bits per heavy atom. The lowest BCUT2D eigenvalue weighted by molar-refractivity contribution is -0.147. The lowest BCUT2D eigenvalue weighted by Crippen LogP contribution is -2.23. The number of benzene rings is 1. The summed E-state index contributed by atoms with van der Waals surface area (Å²) < 4.78 is 0. The monoisotopic (exact) mass is 402 g/mol. The van der Waals surface area contributed by atoms with E-state index in [4.69, 9.17) is 0 Å². The van der Waals surface area contributed by atoms with E-state index in [1.165, 1.54) is 22.3 Å². The van der Waals surface area contributed by atoms with E-state index in [9.17, 15) is 19.8 Å². The third-order valence-electron chi connectivity index (χ3n) is 6.84. The molecule has 0 aromatic heterocycles. The largest absolute Gasteiger partial charge is 0.481 e. The highest BCUT2D eigenvalue weighted by Gasteiger charge is 2.49. The Morgan fingerprint density at radius 1 is 0.966 bits per heavy atom. The Bertz CT molecular complexity index is 729. The van der Waals surface area contributed by atoms with Gasteiger partial charge >= 0.3 is 11.9 Å². The van der Waals surface area contributed by atoms with E-state index in [2.05, 4.69) is 26.0 Å². The number of rotatable bonds is 13. The number of unbranched alkanes of at least 4 members (excludes halogenated alkanes) is 3. The summed E-state index contributed by atoms with van der Waals surface area (Å²) >= 11 is 0. The van der Waals surface area contributed by atoms with Crippen molar-refractivity contribution in [1.82, 2.24) is 0 Å². The molecule has 4 nitrogen and oxygen atoms in total. The molecule has 1 aromatic carbocycles. The highest BCUT2D eigenvalue weighted by atomic mass is 16.4. The number of aryl methyl sites for hydroxylation is 3. The number of hydrogen-bond acceptors (Lipinski definition) is 2. The van der Waals surface area contributed by atoms with Crippen LogP contribution in [0.25, 0.3) is 0 Å². The molecule has 1 aliphatic rings. The van der Waals surface area contributed by atoms with Crippen LogP contribution in [0.1, 0.15) is 93.9 Å². The molecule has 1 fully saturated rings. The minimum absolute atomic E-state index is 0.401. The van der Waals surface area contributed by atoms with E-state index in [0.29, 0.717) is 0 Å². The molecule has 4 heteroatoms. The van der Waals surface area contributed by atoms with Gasteiger partial charge in [-0.2, -0.15) is 0 Å². The molecule has 0 heterocycles. The van der Waals surface area contributed by atoms with E-state index in [-0.39, 0.29) is 0 Å². The number of carbonyl (C=O) groups is 2. The van der Waals surface area contributed by atoms with Gasteiger partial charge in [0, 0.05) is 0 Å². The van der Waals surface area contributed by atoms with Crippen molar-refractivity contribution in [2.45, 2.75) is 98.3 Å². The first kappa shape index (κ1) is 23.4. The van der Waals surface area contributed by atoms with Gasteiger partial charge in [0.25, 0.3) is 0 Å². The van der Waals surface area contributed by atoms with Crippen molar-refractivity contribution in [3.05, 3.63) is 34.4 Å². The molecule has 0 radical (unpaired) electrons. The van der Waals surface area contributed by atoms with Crippen LogP contribution in [0.4, 0.5) is 0 Å². The van der Waals surface area contributed by atoms with Crippen LogP contribution in [0.3, 0.4) is 0 Å². The SMILES string of the molecule is Cc1cc(CCCCCC(C)(C)C(=O)O)cc(CCCCC2(C(=O)O)CC2)c1C. The van der Waals surface area contributed by atoms with Crippen LogP contribution in [0.2, 0.25) is 0 Å². The summed E-state index contributed by atoms with van der Waals surface area (Å²) in [6, 6.07) is 4.61. The van der Waals surface area contributed by atoms with Gasteiger partial charge in [-0.25, -0.2) is 0 Å². The van der Waals surface area contributed by atoms with E-state index in [1.807, 2.05) is 0 Å². The molecule has 0 spiro atoms. The molecule has 0 aliphatic heterocycles. The van der Waals surface area contributed by atoms with Crippen molar-refractivity contribution in [3.8, 4) is 0 Å². The average molecular weight is 403 g/mol. The van der Waals surface area contributed by atoms with Crippen molar-refractivity contribution < 1.29 is 19.8 Å². The van der Waals surface area contributed by atoms with Crippen molar-refractivity contribution in [1.29, 1.82) is 0 Å². The Kier molecular flexibility index (Phi) is 7.90. The third kappa shape index (κ3) is 6.58. The summed E-state index contributed by atoms with van der Waals surface area (Å²) in [5.74, 6) is -1.33. The predicted molar refractivity (Wildman–Crippen MR) is 116 cm³/mol. The van der Waals surface area contributed by atoms with Gasteiger partial charge in [-0.1, -0.05) is 31.4 Å². The molecule has 1 aliphatic carbocycles. The maximum absolute atomic E-state index is 11.3. The normalized spacial score (nSPS) is 15.3. The molecule has 1 saturated carbocycles. The van der Waals surface area contributed by atoms with Gasteiger partial charge in [-0.15, -0.1) is 0 Å². The zero-order chi connectivity index (χ0) is 21.7. The lowest BCUT2D eigenvalue weighted by atomic mass is 9.87. The highest BCUT2D eigenvalue weighted by molar-refractivity contribution is 5.77. The number of carboxylic acids is 2. The molecule has 2 rings (SSSR count). The Labute approximate surface area is 175 Å². The number of aliphatic carboxylic acids is 2. The second-order valence-corrected chi connectivity index (χ2v) is 9.74. The van der Waals surface area contributed by atoms with E-state index >= 15 is 0 Å². The zero-order valence-corrected chi connectivity index (χ0v) is 18.6. The standard InChI is InChI=1S/C25H38O4/c1-18-16-20(10-6-5-8-12-24(3,4)22(26)27)17-21(19(18)2)11-7-9-13-25(14-15-25)23(28)29/h16-17H,5-15H2,1-4H3,(H,26,27)(H,28,29). The minimum atomic E-state index is -0.715. The molecule has 2 N–H and O–H groups in total.